The topological polar surface area (TPSA) is 56.8 Å². The molecule has 0 saturated carbocycles. The first-order chi connectivity index (χ1) is 10.3. The van der Waals surface area contributed by atoms with Crippen LogP contribution in [0.15, 0.2) is 23.1 Å². The Bertz CT molecular complexity index is 502. The number of hydrogen-bond acceptors (Lipinski definition) is 5. The van der Waals surface area contributed by atoms with Crippen molar-refractivity contribution < 1.29 is 19.0 Å². The van der Waals surface area contributed by atoms with Crippen molar-refractivity contribution in [2.75, 3.05) is 32.1 Å². The highest BCUT2D eigenvalue weighted by Gasteiger charge is 2.16. The van der Waals surface area contributed by atoms with E-state index in [2.05, 4.69) is 5.32 Å². The third-order valence-electron chi connectivity index (χ3n) is 3.43. The zero-order valence-corrected chi connectivity index (χ0v) is 12.6. The first-order valence-corrected chi connectivity index (χ1v) is 8.20. The highest BCUT2D eigenvalue weighted by Crippen LogP contribution is 2.34. The van der Waals surface area contributed by atoms with Crippen LogP contribution in [0.5, 0.6) is 11.5 Å². The molecule has 21 heavy (non-hydrogen) atoms. The van der Waals surface area contributed by atoms with E-state index in [1.54, 1.807) is 0 Å². The SMILES string of the molecule is O=C(CSc1ccc2c(c1)OCCO2)NC[C@H]1CCCO1. The van der Waals surface area contributed by atoms with Gasteiger partial charge in [0.05, 0.1) is 11.9 Å². The van der Waals surface area contributed by atoms with Gasteiger partial charge in [0.1, 0.15) is 13.2 Å². The fourth-order valence-corrected chi connectivity index (χ4v) is 3.10. The molecule has 3 rings (SSSR count). The second-order valence-corrected chi connectivity index (χ2v) is 6.08. The summed E-state index contributed by atoms with van der Waals surface area (Å²) in [6, 6.07) is 5.76. The molecular weight excluding hydrogens is 290 g/mol. The summed E-state index contributed by atoms with van der Waals surface area (Å²) in [5.41, 5.74) is 0. The van der Waals surface area contributed by atoms with E-state index in [4.69, 9.17) is 14.2 Å². The van der Waals surface area contributed by atoms with Crippen molar-refractivity contribution >= 4 is 17.7 Å². The lowest BCUT2D eigenvalue weighted by atomic mass is 10.2. The molecule has 1 aromatic rings. The molecule has 1 atom stereocenters. The number of amides is 1. The molecule has 0 radical (unpaired) electrons. The maximum absolute atomic E-state index is 11.8. The Morgan fingerprint density at radius 1 is 1.24 bits per heavy atom. The average molecular weight is 309 g/mol. The Kier molecular flexibility index (Phi) is 4.87. The van der Waals surface area contributed by atoms with Gasteiger partial charge < -0.3 is 19.5 Å². The second-order valence-electron chi connectivity index (χ2n) is 5.03. The molecule has 1 amide bonds. The van der Waals surface area contributed by atoms with Gasteiger partial charge in [-0.3, -0.25) is 4.79 Å². The molecule has 2 heterocycles. The summed E-state index contributed by atoms with van der Waals surface area (Å²) < 4.78 is 16.5. The second kappa shape index (κ2) is 7.04. The van der Waals surface area contributed by atoms with Crippen LogP contribution in [0.25, 0.3) is 0 Å². The van der Waals surface area contributed by atoms with Crippen molar-refractivity contribution in [2.45, 2.75) is 23.8 Å². The Labute approximate surface area is 128 Å². The number of carbonyl (C=O) groups is 1. The van der Waals surface area contributed by atoms with Gasteiger partial charge in [0.15, 0.2) is 11.5 Å². The zero-order valence-electron chi connectivity index (χ0n) is 11.8. The minimum Gasteiger partial charge on any atom is -0.486 e. The lowest BCUT2D eigenvalue weighted by Crippen LogP contribution is -2.32. The number of hydrogen-bond donors (Lipinski definition) is 1. The smallest absolute Gasteiger partial charge is 0.230 e. The fraction of sp³-hybridized carbons (Fsp3) is 0.533. The highest BCUT2D eigenvalue weighted by molar-refractivity contribution is 8.00. The zero-order chi connectivity index (χ0) is 14.5. The van der Waals surface area contributed by atoms with Gasteiger partial charge >= 0.3 is 0 Å². The largest absolute Gasteiger partial charge is 0.486 e. The normalized spacial score (nSPS) is 20.3. The van der Waals surface area contributed by atoms with Crippen LogP contribution in [0.1, 0.15) is 12.8 Å². The van der Waals surface area contributed by atoms with Crippen LogP contribution >= 0.6 is 11.8 Å². The van der Waals surface area contributed by atoms with Crippen molar-refractivity contribution in [2.24, 2.45) is 0 Å². The van der Waals surface area contributed by atoms with E-state index in [9.17, 15) is 4.79 Å². The highest BCUT2D eigenvalue weighted by atomic mass is 32.2. The average Bonchev–Trinajstić information content (AvgIpc) is 3.04. The standard InChI is InChI=1S/C15H19NO4S/c17-15(16-9-11-2-1-5-18-11)10-21-12-3-4-13-14(8-12)20-7-6-19-13/h3-4,8,11H,1-2,5-7,9-10H2,(H,16,17)/t11-/m1/s1. The van der Waals surface area contributed by atoms with Crippen LogP contribution in [0.2, 0.25) is 0 Å². The number of carbonyl (C=O) groups excluding carboxylic acids is 1. The Balaban J connectivity index is 1.44. The molecule has 2 aliphatic heterocycles. The van der Waals surface area contributed by atoms with Gasteiger partial charge in [-0.25, -0.2) is 0 Å². The molecule has 0 aromatic heterocycles. The molecule has 1 fully saturated rings. The predicted molar refractivity (Wildman–Crippen MR) is 80.1 cm³/mol. The Morgan fingerprint density at radius 3 is 2.90 bits per heavy atom. The van der Waals surface area contributed by atoms with Crippen LogP contribution in [-0.2, 0) is 9.53 Å². The summed E-state index contributed by atoms with van der Waals surface area (Å²) in [6.07, 6.45) is 2.32. The number of ether oxygens (including phenoxy) is 3. The summed E-state index contributed by atoms with van der Waals surface area (Å²) in [4.78, 5) is 12.8. The molecule has 1 aromatic carbocycles. The molecular formula is C15H19NO4S. The van der Waals surface area contributed by atoms with E-state index < -0.39 is 0 Å². The van der Waals surface area contributed by atoms with E-state index in [1.165, 1.54) is 11.8 Å². The third kappa shape index (κ3) is 4.04. The van der Waals surface area contributed by atoms with E-state index in [1.807, 2.05) is 18.2 Å². The van der Waals surface area contributed by atoms with Crippen molar-refractivity contribution in [3.8, 4) is 11.5 Å². The molecule has 6 heteroatoms. The van der Waals surface area contributed by atoms with E-state index >= 15 is 0 Å². The first-order valence-electron chi connectivity index (χ1n) is 7.22. The molecule has 0 spiro atoms. The molecule has 2 aliphatic rings. The first kappa shape index (κ1) is 14.5. The minimum atomic E-state index is 0.0328. The van der Waals surface area contributed by atoms with Crippen molar-refractivity contribution in [3.05, 3.63) is 18.2 Å². The maximum Gasteiger partial charge on any atom is 0.230 e. The monoisotopic (exact) mass is 309 g/mol. The molecule has 0 unspecified atom stereocenters. The summed E-state index contributed by atoms with van der Waals surface area (Å²) in [6.45, 7) is 2.58. The van der Waals surface area contributed by atoms with Crippen LogP contribution in [0.3, 0.4) is 0 Å². The molecule has 0 bridgehead atoms. The van der Waals surface area contributed by atoms with Crippen molar-refractivity contribution in [3.63, 3.8) is 0 Å². The number of rotatable bonds is 5. The lowest BCUT2D eigenvalue weighted by Gasteiger charge is -2.18. The van der Waals surface area contributed by atoms with Gasteiger partial charge in [0.25, 0.3) is 0 Å². The van der Waals surface area contributed by atoms with Crippen molar-refractivity contribution in [1.82, 2.24) is 5.32 Å². The Morgan fingerprint density at radius 2 is 2.10 bits per heavy atom. The van der Waals surface area contributed by atoms with E-state index in [-0.39, 0.29) is 12.0 Å². The number of thioether (sulfide) groups is 1. The van der Waals surface area contributed by atoms with Gasteiger partial charge in [-0.2, -0.15) is 0 Å². The Hall–Kier alpha value is -1.40. The van der Waals surface area contributed by atoms with Crippen LogP contribution in [-0.4, -0.2) is 44.1 Å². The van der Waals surface area contributed by atoms with E-state index in [0.717, 1.165) is 35.8 Å². The van der Waals surface area contributed by atoms with Crippen LogP contribution < -0.4 is 14.8 Å². The molecule has 0 aliphatic carbocycles. The maximum atomic E-state index is 11.8. The molecule has 5 nitrogen and oxygen atoms in total. The third-order valence-corrected chi connectivity index (χ3v) is 4.43. The van der Waals surface area contributed by atoms with Crippen LogP contribution in [0.4, 0.5) is 0 Å². The minimum absolute atomic E-state index is 0.0328. The summed E-state index contributed by atoms with van der Waals surface area (Å²) in [5, 5.41) is 2.92. The molecule has 1 N–H and O–H groups in total. The van der Waals surface area contributed by atoms with Crippen LogP contribution in [0, 0.1) is 0 Å². The summed E-state index contributed by atoms with van der Waals surface area (Å²) in [7, 11) is 0. The lowest BCUT2D eigenvalue weighted by molar-refractivity contribution is -0.119. The van der Waals surface area contributed by atoms with Gasteiger partial charge in [0, 0.05) is 18.0 Å². The van der Waals surface area contributed by atoms with Gasteiger partial charge in [0.2, 0.25) is 5.91 Å². The quantitative estimate of drug-likeness (QED) is 0.841. The summed E-state index contributed by atoms with van der Waals surface area (Å²) >= 11 is 1.50. The molecule has 114 valence electrons. The van der Waals surface area contributed by atoms with Gasteiger partial charge in [-0.1, -0.05) is 0 Å². The fourth-order valence-electron chi connectivity index (χ4n) is 2.35. The predicted octanol–water partition coefficient (Wildman–Crippen LogP) is 1.85. The van der Waals surface area contributed by atoms with Gasteiger partial charge in [-0.05, 0) is 31.0 Å². The molecule has 1 saturated heterocycles. The number of nitrogens with one attached hydrogen (secondary N) is 1. The van der Waals surface area contributed by atoms with Gasteiger partial charge in [-0.15, -0.1) is 11.8 Å². The van der Waals surface area contributed by atoms with E-state index in [0.29, 0.717) is 25.5 Å². The number of fused-ring (bicyclic) bond motifs is 1. The van der Waals surface area contributed by atoms with Crippen molar-refractivity contribution in [1.29, 1.82) is 0 Å². The number of benzene rings is 1. The summed E-state index contributed by atoms with van der Waals surface area (Å²) in [5.74, 6) is 1.96.